The van der Waals surface area contributed by atoms with Gasteiger partial charge in [0.25, 0.3) is 0 Å². The number of piperidine rings is 1. The molecule has 0 radical (unpaired) electrons. The molecule has 1 fully saturated rings. The molecule has 1 heterocycles. The van der Waals surface area contributed by atoms with Gasteiger partial charge in [0.05, 0.1) is 0 Å². The largest absolute Gasteiger partial charge is 0.396 e. The summed E-state index contributed by atoms with van der Waals surface area (Å²) in [7, 11) is 0. The second-order valence-electron chi connectivity index (χ2n) is 4.24. The SMILES string of the molecule is OCCc1cccc(C2CCNCC2)c1. The molecule has 15 heavy (non-hydrogen) atoms. The third-order valence-electron chi connectivity index (χ3n) is 3.16. The van der Waals surface area contributed by atoms with E-state index in [1.54, 1.807) is 0 Å². The summed E-state index contributed by atoms with van der Waals surface area (Å²) in [5.74, 6) is 0.713. The Labute approximate surface area is 91.3 Å². The van der Waals surface area contributed by atoms with Gasteiger partial charge >= 0.3 is 0 Å². The van der Waals surface area contributed by atoms with Crippen LogP contribution in [0.3, 0.4) is 0 Å². The minimum Gasteiger partial charge on any atom is -0.396 e. The first-order valence-corrected chi connectivity index (χ1v) is 5.80. The minimum absolute atomic E-state index is 0.246. The molecule has 1 aromatic carbocycles. The van der Waals surface area contributed by atoms with Crippen LogP contribution >= 0.6 is 0 Å². The minimum atomic E-state index is 0.246. The van der Waals surface area contributed by atoms with Crippen molar-refractivity contribution in [1.29, 1.82) is 0 Å². The number of aliphatic hydroxyl groups is 1. The first-order valence-electron chi connectivity index (χ1n) is 5.80. The molecule has 1 aliphatic heterocycles. The van der Waals surface area contributed by atoms with E-state index >= 15 is 0 Å². The van der Waals surface area contributed by atoms with Crippen LogP contribution in [-0.2, 0) is 6.42 Å². The topological polar surface area (TPSA) is 32.3 Å². The van der Waals surface area contributed by atoms with E-state index in [-0.39, 0.29) is 6.61 Å². The van der Waals surface area contributed by atoms with Gasteiger partial charge in [-0.05, 0) is 49.4 Å². The van der Waals surface area contributed by atoms with Gasteiger partial charge in [-0.1, -0.05) is 24.3 Å². The van der Waals surface area contributed by atoms with Crippen LogP contribution in [0.1, 0.15) is 29.9 Å². The van der Waals surface area contributed by atoms with Crippen molar-refractivity contribution in [1.82, 2.24) is 5.32 Å². The van der Waals surface area contributed by atoms with Crippen molar-refractivity contribution in [3.63, 3.8) is 0 Å². The Morgan fingerprint density at radius 2 is 2.07 bits per heavy atom. The molecule has 0 atom stereocenters. The number of nitrogens with one attached hydrogen (secondary N) is 1. The summed E-state index contributed by atoms with van der Waals surface area (Å²) in [6, 6.07) is 8.69. The molecule has 1 saturated heterocycles. The number of benzene rings is 1. The second-order valence-corrected chi connectivity index (χ2v) is 4.24. The summed E-state index contributed by atoms with van der Waals surface area (Å²) >= 11 is 0. The van der Waals surface area contributed by atoms with Crippen LogP contribution in [0.4, 0.5) is 0 Å². The van der Waals surface area contributed by atoms with Gasteiger partial charge < -0.3 is 10.4 Å². The van der Waals surface area contributed by atoms with Crippen molar-refractivity contribution in [2.75, 3.05) is 19.7 Å². The number of hydrogen-bond acceptors (Lipinski definition) is 2. The van der Waals surface area contributed by atoms with Gasteiger partial charge in [-0.3, -0.25) is 0 Å². The molecule has 0 unspecified atom stereocenters. The predicted molar refractivity (Wildman–Crippen MR) is 62.1 cm³/mol. The van der Waals surface area contributed by atoms with Crippen molar-refractivity contribution >= 4 is 0 Å². The molecule has 0 aromatic heterocycles. The molecule has 2 nitrogen and oxygen atoms in total. The van der Waals surface area contributed by atoms with Gasteiger partial charge in [0.2, 0.25) is 0 Å². The fourth-order valence-corrected chi connectivity index (χ4v) is 2.29. The Bertz CT molecular complexity index is 305. The summed E-state index contributed by atoms with van der Waals surface area (Å²) in [5, 5.41) is 12.3. The fraction of sp³-hybridized carbons (Fsp3) is 0.538. The summed E-state index contributed by atoms with van der Waals surface area (Å²) in [6.45, 7) is 2.51. The zero-order valence-electron chi connectivity index (χ0n) is 9.08. The Hall–Kier alpha value is -0.860. The van der Waals surface area contributed by atoms with E-state index in [0.717, 1.165) is 19.5 Å². The van der Waals surface area contributed by atoms with Gasteiger partial charge in [0.15, 0.2) is 0 Å². The molecule has 0 amide bonds. The Morgan fingerprint density at radius 1 is 1.27 bits per heavy atom. The van der Waals surface area contributed by atoms with Gasteiger partial charge in [-0.25, -0.2) is 0 Å². The third kappa shape index (κ3) is 2.80. The fourth-order valence-electron chi connectivity index (χ4n) is 2.29. The molecule has 2 N–H and O–H groups in total. The zero-order valence-corrected chi connectivity index (χ0v) is 9.08. The van der Waals surface area contributed by atoms with Crippen molar-refractivity contribution < 1.29 is 5.11 Å². The van der Waals surface area contributed by atoms with E-state index in [2.05, 4.69) is 29.6 Å². The quantitative estimate of drug-likeness (QED) is 0.787. The van der Waals surface area contributed by atoms with E-state index in [0.29, 0.717) is 5.92 Å². The number of hydrogen-bond donors (Lipinski definition) is 2. The highest BCUT2D eigenvalue weighted by atomic mass is 16.2. The van der Waals surface area contributed by atoms with E-state index < -0.39 is 0 Å². The maximum Gasteiger partial charge on any atom is 0.0471 e. The smallest absolute Gasteiger partial charge is 0.0471 e. The molecule has 1 aromatic rings. The van der Waals surface area contributed by atoms with Crippen LogP contribution in [0, 0.1) is 0 Å². The van der Waals surface area contributed by atoms with Crippen molar-refractivity contribution in [2.45, 2.75) is 25.2 Å². The summed E-state index contributed by atoms with van der Waals surface area (Å²) in [4.78, 5) is 0. The van der Waals surface area contributed by atoms with Crippen LogP contribution in [0.5, 0.6) is 0 Å². The zero-order chi connectivity index (χ0) is 10.5. The van der Waals surface area contributed by atoms with E-state index in [1.165, 1.54) is 24.0 Å². The summed E-state index contributed by atoms with van der Waals surface area (Å²) < 4.78 is 0. The van der Waals surface area contributed by atoms with E-state index in [4.69, 9.17) is 5.11 Å². The van der Waals surface area contributed by atoms with Gasteiger partial charge in [-0.15, -0.1) is 0 Å². The molecular formula is C13H19NO. The van der Waals surface area contributed by atoms with Gasteiger partial charge in [0.1, 0.15) is 0 Å². The van der Waals surface area contributed by atoms with E-state index in [1.807, 2.05) is 0 Å². The Balaban J connectivity index is 2.09. The molecular weight excluding hydrogens is 186 g/mol. The van der Waals surface area contributed by atoms with Gasteiger partial charge in [-0.2, -0.15) is 0 Å². The molecule has 2 heteroatoms. The maximum atomic E-state index is 8.91. The first kappa shape index (κ1) is 10.7. The highest BCUT2D eigenvalue weighted by Crippen LogP contribution is 2.25. The molecule has 0 spiro atoms. The van der Waals surface area contributed by atoms with Crippen molar-refractivity contribution in [3.8, 4) is 0 Å². The third-order valence-corrected chi connectivity index (χ3v) is 3.16. The first-order chi connectivity index (χ1) is 7.40. The predicted octanol–water partition coefficient (Wildman–Crippen LogP) is 1.69. The lowest BCUT2D eigenvalue weighted by atomic mass is 9.89. The van der Waals surface area contributed by atoms with Crippen molar-refractivity contribution in [2.24, 2.45) is 0 Å². The van der Waals surface area contributed by atoms with Crippen LogP contribution < -0.4 is 5.32 Å². The van der Waals surface area contributed by atoms with E-state index in [9.17, 15) is 0 Å². The Morgan fingerprint density at radius 3 is 2.80 bits per heavy atom. The molecule has 0 aliphatic carbocycles. The Kier molecular flexibility index (Phi) is 3.75. The average molecular weight is 205 g/mol. The second kappa shape index (κ2) is 5.29. The summed E-state index contributed by atoms with van der Waals surface area (Å²) in [6.07, 6.45) is 3.25. The standard InChI is InChI=1S/C13H19NO/c15-9-6-11-2-1-3-13(10-11)12-4-7-14-8-5-12/h1-3,10,12,14-15H,4-9H2. The average Bonchev–Trinajstić information content (AvgIpc) is 2.31. The lowest BCUT2D eigenvalue weighted by Crippen LogP contribution is -2.26. The normalized spacial score (nSPS) is 17.9. The molecule has 82 valence electrons. The highest BCUT2D eigenvalue weighted by Gasteiger charge is 2.14. The van der Waals surface area contributed by atoms with Gasteiger partial charge in [0, 0.05) is 6.61 Å². The number of rotatable bonds is 3. The molecule has 0 bridgehead atoms. The number of aliphatic hydroxyl groups excluding tert-OH is 1. The van der Waals surface area contributed by atoms with Crippen molar-refractivity contribution in [3.05, 3.63) is 35.4 Å². The highest BCUT2D eigenvalue weighted by molar-refractivity contribution is 5.27. The van der Waals surface area contributed by atoms with Crippen LogP contribution in [0.15, 0.2) is 24.3 Å². The van der Waals surface area contributed by atoms with Crippen LogP contribution in [-0.4, -0.2) is 24.8 Å². The lowest BCUT2D eigenvalue weighted by Gasteiger charge is -2.23. The lowest BCUT2D eigenvalue weighted by molar-refractivity contribution is 0.299. The molecule has 0 saturated carbocycles. The summed E-state index contributed by atoms with van der Waals surface area (Å²) in [5.41, 5.74) is 2.70. The van der Waals surface area contributed by atoms with Crippen LogP contribution in [0.25, 0.3) is 0 Å². The molecule has 1 aliphatic rings. The van der Waals surface area contributed by atoms with Crippen LogP contribution in [0.2, 0.25) is 0 Å². The maximum absolute atomic E-state index is 8.91. The monoisotopic (exact) mass is 205 g/mol. The molecule has 2 rings (SSSR count).